The first-order valence-electron chi connectivity index (χ1n) is 4.16. The van der Waals surface area contributed by atoms with Crippen LogP contribution in [-0.4, -0.2) is 0 Å². The van der Waals surface area contributed by atoms with Crippen LogP contribution >= 0.6 is 0 Å². The van der Waals surface area contributed by atoms with Crippen LogP contribution in [-0.2, 0) is 6.42 Å². The van der Waals surface area contributed by atoms with Crippen LogP contribution in [0.25, 0.3) is 0 Å². The minimum atomic E-state index is 1.18. The van der Waals surface area contributed by atoms with Crippen molar-refractivity contribution in [3.05, 3.63) is 41.8 Å². The van der Waals surface area contributed by atoms with Crippen LogP contribution in [0.3, 0.4) is 0 Å². The second kappa shape index (κ2) is 4.17. The third-order valence-electron chi connectivity index (χ3n) is 1.84. The van der Waals surface area contributed by atoms with Crippen LogP contribution in [0.4, 0.5) is 0 Å². The summed E-state index contributed by atoms with van der Waals surface area (Å²) in [6.07, 6.45) is 4.57. The molecule has 0 N–H and O–H groups in total. The van der Waals surface area contributed by atoms with Crippen LogP contribution in [0.5, 0.6) is 0 Å². The molecule has 11 heavy (non-hydrogen) atoms. The van der Waals surface area contributed by atoms with Crippen LogP contribution in [0, 0.1) is 13.3 Å². The standard InChI is InChI=1S/C11H15/c1-3-4-5-11-8-6-10(2)7-9-11/h3,6-9H,4-5H2,1-2H3. The number of hydrogen-bond donors (Lipinski definition) is 0. The molecule has 0 saturated carbocycles. The van der Waals surface area contributed by atoms with E-state index in [1.54, 1.807) is 0 Å². The van der Waals surface area contributed by atoms with Crippen molar-refractivity contribution in [1.82, 2.24) is 0 Å². The summed E-state index contributed by atoms with van der Waals surface area (Å²) in [7, 11) is 0. The van der Waals surface area contributed by atoms with Crippen LogP contribution in [0.15, 0.2) is 24.3 Å². The van der Waals surface area contributed by atoms with E-state index in [0.717, 1.165) is 0 Å². The van der Waals surface area contributed by atoms with Gasteiger partial charge in [0, 0.05) is 0 Å². The minimum absolute atomic E-state index is 1.18. The number of unbranched alkanes of at least 4 members (excludes halogenated alkanes) is 1. The van der Waals surface area contributed by atoms with E-state index in [1.165, 1.54) is 24.0 Å². The molecular formula is C11H15. The Balaban J connectivity index is 2.52. The van der Waals surface area contributed by atoms with Gasteiger partial charge in [-0.2, -0.15) is 0 Å². The summed E-state index contributed by atoms with van der Waals surface area (Å²) >= 11 is 0. The van der Waals surface area contributed by atoms with E-state index in [1.807, 2.05) is 0 Å². The lowest BCUT2D eigenvalue weighted by atomic mass is 10.1. The van der Waals surface area contributed by atoms with E-state index >= 15 is 0 Å². The smallest absolute Gasteiger partial charge is 0.0276 e. The first-order valence-corrected chi connectivity index (χ1v) is 4.16. The normalized spacial score (nSPS) is 10.0. The molecule has 0 aromatic heterocycles. The Morgan fingerprint density at radius 2 is 1.82 bits per heavy atom. The van der Waals surface area contributed by atoms with Crippen LogP contribution in [0.2, 0.25) is 0 Å². The van der Waals surface area contributed by atoms with Crippen molar-refractivity contribution < 1.29 is 0 Å². The maximum atomic E-state index is 2.21. The molecule has 0 spiro atoms. The summed E-state index contributed by atoms with van der Waals surface area (Å²) < 4.78 is 0. The summed E-state index contributed by atoms with van der Waals surface area (Å²) in [6, 6.07) is 8.76. The van der Waals surface area contributed by atoms with Gasteiger partial charge in [-0.1, -0.05) is 36.8 Å². The van der Waals surface area contributed by atoms with Gasteiger partial charge in [-0.25, -0.2) is 0 Å². The van der Waals surface area contributed by atoms with Gasteiger partial charge in [0.05, 0.1) is 0 Å². The molecule has 0 unspecified atom stereocenters. The zero-order chi connectivity index (χ0) is 8.10. The predicted molar refractivity (Wildman–Crippen MR) is 49.5 cm³/mol. The second-order valence-corrected chi connectivity index (χ2v) is 2.93. The third kappa shape index (κ3) is 2.75. The first kappa shape index (κ1) is 8.32. The van der Waals surface area contributed by atoms with Gasteiger partial charge in [0.15, 0.2) is 0 Å². The van der Waals surface area contributed by atoms with Gasteiger partial charge in [0.1, 0.15) is 0 Å². The lowest BCUT2D eigenvalue weighted by molar-refractivity contribution is 0.936. The van der Waals surface area contributed by atoms with Crippen LogP contribution in [0.1, 0.15) is 24.5 Å². The van der Waals surface area contributed by atoms with Crippen molar-refractivity contribution in [2.75, 3.05) is 0 Å². The van der Waals surface area contributed by atoms with Gasteiger partial charge in [-0.3, -0.25) is 0 Å². The number of hydrogen-bond acceptors (Lipinski definition) is 0. The summed E-state index contributed by atoms with van der Waals surface area (Å²) in [5.41, 5.74) is 2.78. The Labute approximate surface area is 69.3 Å². The lowest BCUT2D eigenvalue weighted by Crippen LogP contribution is -1.83. The van der Waals surface area contributed by atoms with Gasteiger partial charge in [0.2, 0.25) is 0 Å². The van der Waals surface area contributed by atoms with Crippen LogP contribution < -0.4 is 0 Å². The largest absolute Gasteiger partial charge is 0.0622 e. The minimum Gasteiger partial charge on any atom is -0.0622 e. The summed E-state index contributed by atoms with van der Waals surface area (Å²) in [5.74, 6) is 0. The Morgan fingerprint density at radius 3 is 2.36 bits per heavy atom. The molecule has 1 radical (unpaired) electrons. The highest BCUT2D eigenvalue weighted by molar-refractivity contribution is 5.21. The van der Waals surface area contributed by atoms with Gasteiger partial charge in [0.25, 0.3) is 0 Å². The summed E-state index contributed by atoms with van der Waals surface area (Å²) in [5, 5.41) is 0. The average molecular weight is 147 g/mol. The molecule has 0 bridgehead atoms. The molecule has 1 aromatic rings. The fourth-order valence-corrected chi connectivity index (χ4v) is 1.07. The molecule has 0 aliphatic rings. The van der Waals surface area contributed by atoms with Crippen molar-refractivity contribution in [3.63, 3.8) is 0 Å². The molecule has 1 rings (SSSR count). The SMILES string of the molecule is C[CH]CCc1ccc(C)cc1. The predicted octanol–water partition coefficient (Wildman–Crippen LogP) is 3.15. The Bertz CT molecular complexity index is 196. The topological polar surface area (TPSA) is 0 Å². The molecule has 0 aliphatic carbocycles. The van der Waals surface area contributed by atoms with E-state index in [2.05, 4.69) is 44.5 Å². The Morgan fingerprint density at radius 1 is 1.18 bits per heavy atom. The molecule has 0 aliphatic heterocycles. The second-order valence-electron chi connectivity index (χ2n) is 2.93. The van der Waals surface area contributed by atoms with Gasteiger partial charge < -0.3 is 0 Å². The highest BCUT2D eigenvalue weighted by Gasteiger charge is 1.90. The fourth-order valence-electron chi connectivity index (χ4n) is 1.07. The third-order valence-corrected chi connectivity index (χ3v) is 1.84. The molecular weight excluding hydrogens is 132 g/mol. The molecule has 0 fully saturated rings. The first-order chi connectivity index (χ1) is 5.33. The Kier molecular flexibility index (Phi) is 3.15. The van der Waals surface area contributed by atoms with Crippen molar-refractivity contribution in [2.24, 2.45) is 0 Å². The van der Waals surface area contributed by atoms with Crippen molar-refractivity contribution in [3.8, 4) is 0 Å². The zero-order valence-corrected chi connectivity index (χ0v) is 7.30. The van der Waals surface area contributed by atoms with E-state index in [-0.39, 0.29) is 0 Å². The molecule has 1 aromatic carbocycles. The van der Waals surface area contributed by atoms with E-state index in [9.17, 15) is 0 Å². The monoisotopic (exact) mass is 147 g/mol. The highest BCUT2D eigenvalue weighted by atomic mass is 14.0. The van der Waals surface area contributed by atoms with Crippen molar-refractivity contribution in [2.45, 2.75) is 26.7 Å². The molecule has 0 nitrogen and oxygen atoms in total. The Hall–Kier alpha value is -0.780. The van der Waals surface area contributed by atoms with Crippen molar-refractivity contribution >= 4 is 0 Å². The lowest BCUT2D eigenvalue weighted by Gasteiger charge is -1.98. The van der Waals surface area contributed by atoms with E-state index in [4.69, 9.17) is 0 Å². The molecule has 0 heteroatoms. The number of aryl methyl sites for hydroxylation is 2. The summed E-state index contributed by atoms with van der Waals surface area (Å²) in [4.78, 5) is 0. The zero-order valence-electron chi connectivity index (χ0n) is 7.30. The maximum absolute atomic E-state index is 2.21. The van der Waals surface area contributed by atoms with Gasteiger partial charge >= 0.3 is 0 Å². The van der Waals surface area contributed by atoms with Gasteiger partial charge in [-0.05, 0) is 31.7 Å². The highest BCUT2D eigenvalue weighted by Crippen LogP contribution is 2.06. The number of rotatable bonds is 3. The molecule has 0 heterocycles. The molecule has 0 amide bonds. The summed E-state index contributed by atoms with van der Waals surface area (Å²) in [6.45, 7) is 4.23. The average Bonchev–Trinajstić information content (AvgIpc) is 2.04. The van der Waals surface area contributed by atoms with E-state index in [0.29, 0.717) is 0 Å². The number of benzene rings is 1. The molecule has 59 valence electrons. The molecule has 0 atom stereocenters. The fraction of sp³-hybridized carbons (Fsp3) is 0.364. The molecule has 0 saturated heterocycles. The van der Waals surface area contributed by atoms with Crippen molar-refractivity contribution in [1.29, 1.82) is 0 Å². The maximum Gasteiger partial charge on any atom is -0.0276 e. The van der Waals surface area contributed by atoms with E-state index < -0.39 is 0 Å². The van der Waals surface area contributed by atoms with Gasteiger partial charge in [-0.15, -0.1) is 0 Å². The quantitative estimate of drug-likeness (QED) is 0.616.